The molecule has 4 bridgehead atoms. The van der Waals surface area contributed by atoms with Gasteiger partial charge in [0.15, 0.2) is 5.82 Å². The van der Waals surface area contributed by atoms with Gasteiger partial charge in [0.05, 0.1) is 23.6 Å². The lowest BCUT2D eigenvalue weighted by atomic mass is 9.94. The summed E-state index contributed by atoms with van der Waals surface area (Å²) in [5, 5.41) is 19.5. The van der Waals surface area contributed by atoms with Crippen molar-refractivity contribution in [2.24, 2.45) is 0 Å². The lowest BCUT2D eigenvalue weighted by molar-refractivity contribution is 0.0323. The summed E-state index contributed by atoms with van der Waals surface area (Å²) in [4.78, 5) is 16.4. The minimum Gasteiger partial charge on any atom is -0.508 e. The molecule has 46 heavy (non-hydrogen) atoms. The van der Waals surface area contributed by atoms with Crippen LogP contribution in [0, 0.1) is 5.82 Å². The third-order valence-electron chi connectivity index (χ3n) is 9.60. The van der Waals surface area contributed by atoms with Crippen molar-refractivity contribution in [2.45, 2.75) is 63.1 Å². The van der Waals surface area contributed by atoms with Gasteiger partial charge in [-0.2, -0.15) is 9.97 Å². The first-order chi connectivity index (χ1) is 22.5. The molecule has 5 heterocycles. The molecule has 0 amide bonds. The van der Waals surface area contributed by atoms with Gasteiger partial charge >= 0.3 is 6.01 Å². The van der Waals surface area contributed by atoms with Gasteiger partial charge in [-0.05, 0) is 61.6 Å². The topological polar surface area (TPSA) is 114 Å². The highest BCUT2D eigenvalue weighted by atomic mass is 19.1. The Morgan fingerprint density at radius 1 is 1.11 bits per heavy atom. The van der Waals surface area contributed by atoms with Crippen molar-refractivity contribution in [2.75, 3.05) is 57.9 Å². The minimum atomic E-state index is -0.588. The van der Waals surface area contributed by atoms with Gasteiger partial charge in [0.1, 0.15) is 29.4 Å². The van der Waals surface area contributed by atoms with Gasteiger partial charge in [-0.3, -0.25) is 9.88 Å². The highest BCUT2D eigenvalue weighted by Gasteiger charge is 2.49. The van der Waals surface area contributed by atoms with Crippen LogP contribution >= 0.6 is 0 Å². The van der Waals surface area contributed by atoms with Crippen LogP contribution in [0.2, 0.25) is 0 Å². The Bertz CT molecular complexity index is 1690. The largest absolute Gasteiger partial charge is 0.508 e. The van der Waals surface area contributed by atoms with Crippen LogP contribution in [0.3, 0.4) is 0 Å². The Balaban J connectivity index is 1.25. The maximum atomic E-state index is 16.6. The summed E-state index contributed by atoms with van der Waals surface area (Å²) in [5.41, 5.74) is 0.569. The van der Waals surface area contributed by atoms with Crippen molar-refractivity contribution < 1.29 is 23.7 Å². The second kappa shape index (κ2) is 13.6. The van der Waals surface area contributed by atoms with Crippen LogP contribution in [0.15, 0.2) is 42.6 Å². The van der Waals surface area contributed by atoms with Gasteiger partial charge < -0.3 is 30.0 Å². The first kappa shape index (κ1) is 31.0. The van der Waals surface area contributed by atoms with Crippen LogP contribution in [0.1, 0.15) is 45.4 Å². The molecule has 3 aliphatic rings. The summed E-state index contributed by atoms with van der Waals surface area (Å²) in [6.07, 6.45) is 7.65. The van der Waals surface area contributed by atoms with E-state index in [1.807, 2.05) is 24.3 Å². The number of nitrogens with zero attached hydrogens (tertiary/aromatic N) is 4. The molecule has 0 aliphatic carbocycles. The summed E-state index contributed by atoms with van der Waals surface area (Å²) in [6.45, 7) is 7.67. The average Bonchev–Trinajstić information content (AvgIpc) is 3.60. The second-order valence-electron chi connectivity index (χ2n) is 12.8. The number of aromatic hydroxyl groups is 1. The molecule has 1 spiro atoms. The Kier molecular flexibility index (Phi) is 9.17. The van der Waals surface area contributed by atoms with Crippen LogP contribution in [0.5, 0.6) is 11.8 Å². The van der Waals surface area contributed by atoms with Crippen LogP contribution < -0.4 is 15.4 Å². The average molecular weight is 631 g/mol. The number of hydrogen-bond donors (Lipinski definition) is 3. The third kappa shape index (κ3) is 6.33. The molecule has 3 aliphatic heterocycles. The molecule has 2 aromatic heterocycles. The van der Waals surface area contributed by atoms with Gasteiger partial charge in [-0.25, -0.2) is 4.39 Å². The molecule has 7 rings (SSSR count). The molecular weight excluding hydrogens is 587 g/mol. The molecule has 11 heteroatoms. The standard InChI is InChI=1S/C35H43FN6O4/c1-2-7-24-21-44-14-6-15-45-26-18-35(10-5-13-42(35)20-26)22-46-34-40-32-29(33(41-34)38-12-11-37-24)19-39-31(30(32)36)28-17-25(43)16-23-8-3-4-9-27(23)28/h3-4,8-9,16-17,19,24,26,37,43H,2,5-7,10-15,18,20-22H2,1H3,(H,38,40,41). The Labute approximate surface area is 268 Å². The monoisotopic (exact) mass is 630 g/mol. The Morgan fingerprint density at radius 3 is 2.93 bits per heavy atom. The number of pyridine rings is 1. The first-order valence-corrected chi connectivity index (χ1v) is 16.7. The van der Waals surface area contributed by atoms with Gasteiger partial charge in [-0.15, -0.1) is 0 Å². The van der Waals surface area contributed by atoms with Crippen molar-refractivity contribution >= 4 is 27.5 Å². The fourth-order valence-electron chi connectivity index (χ4n) is 7.38. The lowest BCUT2D eigenvalue weighted by Gasteiger charge is -2.31. The number of phenolic OH excluding ortho intramolecular Hbond substituents is 1. The van der Waals surface area contributed by atoms with E-state index in [2.05, 4.69) is 32.4 Å². The summed E-state index contributed by atoms with van der Waals surface area (Å²) in [6, 6.07) is 11.1. The van der Waals surface area contributed by atoms with E-state index < -0.39 is 5.82 Å². The molecule has 3 N–H and O–H groups in total. The number of halogens is 1. The zero-order valence-electron chi connectivity index (χ0n) is 26.4. The fraction of sp³-hybridized carbons (Fsp3) is 0.514. The number of phenols is 1. The van der Waals surface area contributed by atoms with Gasteiger partial charge in [0.2, 0.25) is 0 Å². The van der Waals surface area contributed by atoms with Gasteiger partial charge in [0, 0.05) is 50.7 Å². The van der Waals surface area contributed by atoms with E-state index in [1.54, 1.807) is 18.3 Å². The number of rotatable bonds is 3. The van der Waals surface area contributed by atoms with E-state index in [4.69, 9.17) is 19.2 Å². The van der Waals surface area contributed by atoms with E-state index in [0.29, 0.717) is 56.3 Å². The molecular formula is C35H43FN6O4. The number of hydrogen-bond acceptors (Lipinski definition) is 10. The van der Waals surface area contributed by atoms with Crippen LogP contribution in [-0.2, 0) is 9.47 Å². The molecule has 3 atom stereocenters. The number of aromatic nitrogens is 3. The maximum Gasteiger partial charge on any atom is 0.319 e. The number of anilines is 1. The predicted molar refractivity (Wildman–Crippen MR) is 176 cm³/mol. The van der Waals surface area contributed by atoms with Crippen molar-refractivity contribution in [3.8, 4) is 23.0 Å². The molecule has 3 unspecified atom stereocenters. The molecule has 2 aromatic carbocycles. The third-order valence-corrected chi connectivity index (χ3v) is 9.60. The fourth-order valence-corrected chi connectivity index (χ4v) is 7.38. The normalized spacial score (nSPS) is 24.9. The molecule has 2 fully saturated rings. The van der Waals surface area contributed by atoms with Crippen molar-refractivity contribution in [1.82, 2.24) is 25.2 Å². The molecule has 10 nitrogen and oxygen atoms in total. The summed E-state index contributed by atoms with van der Waals surface area (Å²) in [7, 11) is 0. The van der Waals surface area contributed by atoms with Crippen molar-refractivity contribution in [3.05, 3.63) is 48.4 Å². The smallest absolute Gasteiger partial charge is 0.319 e. The molecule has 0 radical (unpaired) electrons. The summed E-state index contributed by atoms with van der Waals surface area (Å²) in [5.74, 6) is -0.0803. The zero-order chi connectivity index (χ0) is 31.5. The molecule has 0 saturated carbocycles. The van der Waals surface area contributed by atoms with Crippen LogP contribution in [-0.4, -0.2) is 95.2 Å². The molecule has 2 saturated heterocycles. The van der Waals surface area contributed by atoms with Crippen molar-refractivity contribution in [1.29, 1.82) is 0 Å². The SMILES string of the molecule is CCCC1COCCCOC2CN3CCCC3(COc3nc(c4cnc(-c5cc(O)cc6ccccc56)c(F)c4n3)NCCN1)C2. The van der Waals surface area contributed by atoms with E-state index >= 15 is 4.39 Å². The van der Waals surface area contributed by atoms with E-state index in [-0.39, 0.29) is 40.7 Å². The lowest BCUT2D eigenvalue weighted by Crippen LogP contribution is -2.43. The summed E-state index contributed by atoms with van der Waals surface area (Å²) >= 11 is 0. The van der Waals surface area contributed by atoms with E-state index in [0.717, 1.165) is 62.4 Å². The van der Waals surface area contributed by atoms with E-state index in [1.165, 1.54) is 0 Å². The predicted octanol–water partition coefficient (Wildman–Crippen LogP) is 5.28. The van der Waals surface area contributed by atoms with Crippen LogP contribution in [0.25, 0.3) is 32.9 Å². The molecule has 4 aromatic rings. The van der Waals surface area contributed by atoms with E-state index in [9.17, 15) is 5.11 Å². The minimum absolute atomic E-state index is 0.0397. The van der Waals surface area contributed by atoms with Gasteiger partial charge in [-0.1, -0.05) is 37.6 Å². The van der Waals surface area contributed by atoms with Crippen molar-refractivity contribution in [3.63, 3.8) is 0 Å². The second-order valence-corrected chi connectivity index (χ2v) is 12.8. The highest BCUT2D eigenvalue weighted by Crippen LogP contribution is 2.41. The highest BCUT2D eigenvalue weighted by molar-refractivity contribution is 5.99. The molecule has 244 valence electrons. The van der Waals surface area contributed by atoms with Gasteiger partial charge in [0.25, 0.3) is 0 Å². The number of ether oxygens (including phenoxy) is 3. The summed E-state index contributed by atoms with van der Waals surface area (Å²) < 4.78 is 35.3. The van der Waals surface area contributed by atoms with Crippen LogP contribution in [0.4, 0.5) is 10.2 Å². The first-order valence-electron chi connectivity index (χ1n) is 16.7. The quantitative estimate of drug-likeness (QED) is 0.276. The zero-order valence-corrected chi connectivity index (χ0v) is 26.4. The Morgan fingerprint density at radius 2 is 2.02 bits per heavy atom. The Hall–Kier alpha value is -3.64. The maximum absolute atomic E-state index is 16.6. The number of benzene rings is 2. The number of nitrogens with one attached hydrogen (secondary N) is 2. The number of fused-ring (bicyclic) bond motifs is 6.